The van der Waals surface area contributed by atoms with Crippen LogP contribution in [0.15, 0.2) is 35.4 Å². The number of rotatable bonds is 8. The Morgan fingerprint density at radius 1 is 1.29 bits per heavy atom. The van der Waals surface area contributed by atoms with Crippen LogP contribution >= 0.6 is 11.8 Å². The van der Waals surface area contributed by atoms with E-state index >= 15 is 0 Å². The molecule has 0 saturated carbocycles. The minimum Gasteiger partial charge on any atom is -0.481 e. The van der Waals surface area contributed by atoms with Crippen molar-refractivity contribution < 1.29 is 13.9 Å². The third kappa shape index (κ3) is 5.13. The summed E-state index contributed by atoms with van der Waals surface area (Å²) in [5, 5.41) is 6.34. The van der Waals surface area contributed by atoms with Crippen LogP contribution in [0.4, 0.5) is 10.2 Å². The van der Waals surface area contributed by atoms with Crippen LogP contribution in [0, 0.1) is 11.7 Å². The molecule has 2 aliphatic heterocycles. The molecule has 0 unspecified atom stereocenters. The topological polar surface area (TPSA) is 92.3 Å². The molecule has 3 aromatic rings. The summed E-state index contributed by atoms with van der Waals surface area (Å²) in [7, 11) is 1.55. The van der Waals surface area contributed by atoms with E-state index in [0.29, 0.717) is 52.9 Å². The van der Waals surface area contributed by atoms with Crippen molar-refractivity contribution in [2.75, 3.05) is 44.4 Å². The summed E-state index contributed by atoms with van der Waals surface area (Å²) in [6.07, 6.45) is 2.96. The second kappa shape index (κ2) is 10.2. The van der Waals surface area contributed by atoms with E-state index in [4.69, 9.17) is 4.74 Å². The number of amides is 1. The van der Waals surface area contributed by atoms with Crippen molar-refractivity contribution in [1.29, 1.82) is 0 Å². The van der Waals surface area contributed by atoms with Gasteiger partial charge in [0.2, 0.25) is 11.8 Å². The molecule has 5 rings (SSSR count). The zero-order valence-corrected chi connectivity index (χ0v) is 19.8. The van der Waals surface area contributed by atoms with Gasteiger partial charge in [0.25, 0.3) is 0 Å². The lowest BCUT2D eigenvalue weighted by Crippen LogP contribution is -2.28. The van der Waals surface area contributed by atoms with Crippen molar-refractivity contribution >= 4 is 34.5 Å². The van der Waals surface area contributed by atoms with Gasteiger partial charge >= 0.3 is 0 Å². The number of methoxy groups -OCH3 is 1. The number of carbonyl (C=O) groups excluding carboxylic acids is 1. The van der Waals surface area contributed by atoms with Gasteiger partial charge in [-0.05, 0) is 50.0 Å². The quantitative estimate of drug-likeness (QED) is 0.507. The van der Waals surface area contributed by atoms with Gasteiger partial charge < -0.3 is 20.3 Å². The van der Waals surface area contributed by atoms with Crippen molar-refractivity contribution in [2.24, 2.45) is 5.92 Å². The molecule has 0 aromatic carbocycles. The number of nitrogens with zero attached hydrogens (tertiary/aromatic N) is 4. The van der Waals surface area contributed by atoms with E-state index in [1.165, 1.54) is 18.0 Å². The molecule has 0 aliphatic carbocycles. The highest BCUT2D eigenvalue weighted by molar-refractivity contribution is 8.00. The number of carbonyl (C=O) groups is 1. The second-order valence-corrected chi connectivity index (χ2v) is 9.65. The number of halogens is 1. The molecule has 3 aromatic heterocycles. The van der Waals surface area contributed by atoms with E-state index < -0.39 is 0 Å². The third-order valence-electron chi connectivity index (χ3n) is 6.27. The number of hydrogen-bond acceptors (Lipinski definition) is 8. The van der Waals surface area contributed by atoms with E-state index in [0.717, 1.165) is 43.2 Å². The summed E-state index contributed by atoms with van der Waals surface area (Å²) in [6.45, 7) is 4.29. The maximum atomic E-state index is 14.6. The molecule has 8 nitrogen and oxygen atoms in total. The number of aromatic nitrogens is 3. The maximum absolute atomic E-state index is 14.6. The van der Waals surface area contributed by atoms with Crippen LogP contribution in [0.3, 0.4) is 0 Å². The molecule has 34 heavy (non-hydrogen) atoms. The first kappa shape index (κ1) is 22.9. The van der Waals surface area contributed by atoms with E-state index in [9.17, 15) is 9.18 Å². The Balaban J connectivity index is 1.12. The number of pyridine rings is 3. The van der Waals surface area contributed by atoms with Crippen LogP contribution in [0.5, 0.6) is 5.88 Å². The van der Waals surface area contributed by atoms with Gasteiger partial charge in [-0.3, -0.25) is 9.78 Å². The molecular formula is C24H27FN6O2S. The SMILES string of the molecule is COc1ccc2ncc(F)c(CCN3CC[C@@H](CNCc4ccc5c(n4)NC(=O)CS5)C3)c2n1. The molecule has 0 radical (unpaired) electrons. The fourth-order valence-corrected chi connectivity index (χ4v) is 5.24. The van der Waals surface area contributed by atoms with Crippen molar-refractivity contribution in [2.45, 2.75) is 24.3 Å². The third-order valence-corrected chi connectivity index (χ3v) is 7.32. The van der Waals surface area contributed by atoms with E-state index in [-0.39, 0.29) is 11.7 Å². The van der Waals surface area contributed by atoms with E-state index in [2.05, 4.69) is 30.5 Å². The number of nitrogens with one attached hydrogen (secondary N) is 2. The number of likely N-dealkylation sites (tertiary alicyclic amines) is 1. The first-order chi connectivity index (χ1) is 16.6. The smallest absolute Gasteiger partial charge is 0.235 e. The van der Waals surface area contributed by atoms with E-state index in [1.54, 1.807) is 13.2 Å². The largest absolute Gasteiger partial charge is 0.481 e. The fraction of sp³-hybridized carbons (Fsp3) is 0.417. The standard InChI is InChI=1S/C24H27FN6O2S/c1-33-22-5-3-19-23(30-22)17(18(25)12-27-19)7-9-31-8-6-15(13-31)10-26-11-16-2-4-20-24(28-16)29-21(32)14-34-20/h2-5,12,15,26H,6-11,13-14H2,1H3,(H,28,29,32)/t15-/m0/s1. The Bertz CT molecular complexity index is 1210. The van der Waals surface area contributed by atoms with Crippen molar-refractivity contribution in [1.82, 2.24) is 25.2 Å². The van der Waals surface area contributed by atoms with Gasteiger partial charge in [0.05, 0.1) is 40.7 Å². The lowest BCUT2D eigenvalue weighted by Gasteiger charge is -2.18. The summed E-state index contributed by atoms with van der Waals surface area (Å²) in [5.41, 5.74) is 2.76. The maximum Gasteiger partial charge on any atom is 0.235 e. The normalized spacial score (nSPS) is 18.2. The Kier molecular flexibility index (Phi) is 6.89. The zero-order chi connectivity index (χ0) is 23.5. The number of thioether (sulfide) groups is 1. The van der Waals surface area contributed by atoms with Crippen LogP contribution < -0.4 is 15.4 Å². The van der Waals surface area contributed by atoms with Crippen molar-refractivity contribution in [3.8, 4) is 5.88 Å². The number of anilines is 1. The van der Waals surface area contributed by atoms with Gasteiger partial charge in [0, 0.05) is 31.3 Å². The Morgan fingerprint density at radius 2 is 2.21 bits per heavy atom. The minimum atomic E-state index is -0.321. The zero-order valence-electron chi connectivity index (χ0n) is 19.0. The predicted molar refractivity (Wildman–Crippen MR) is 130 cm³/mol. The highest BCUT2D eigenvalue weighted by atomic mass is 32.2. The first-order valence-corrected chi connectivity index (χ1v) is 12.4. The number of fused-ring (bicyclic) bond motifs is 2. The molecule has 10 heteroatoms. The monoisotopic (exact) mass is 482 g/mol. The second-order valence-electron chi connectivity index (χ2n) is 8.63. The minimum absolute atomic E-state index is 0.00396. The van der Waals surface area contributed by atoms with Gasteiger partial charge in [0.15, 0.2) is 0 Å². The van der Waals surface area contributed by atoms with Crippen molar-refractivity contribution in [3.63, 3.8) is 0 Å². The summed E-state index contributed by atoms with van der Waals surface area (Å²) in [5.74, 6) is 1.77. The van der Waals surface area contributed by atoms with Crippen LogP contribution in [0.1, 0.15) is 17.7 Å². The van der Waals surface area contributed by atoms with Gasteiger partial charge in [-0.15, -0.1) is 11.8 Å². The molecule has 1 atom stereocenters. The van der Waals surface area contributed by atoms with Crippen LogP contribution in [0.25, 0.3) is 11.0 Å². The Morgan fingerprint density at radius 3 is 3.09 bits per heavy atom. The average Bonchev–Trinajstić information content (AvgIpc) is 3.30. The van der Waals surface area contributed by atoms with Crippen molar-refractivity contribution in [3.05, 3.63) is 47.5 Å². The summed E-state index contributed by atoms with van der Waals surface area (Å²) < 4.78 is 19.8. The first-order valence-electron chi connectivity index (χ1n) is 11.4. The molecule has 0 bridgehead atoms. The predicted octanol–water partition coefficient (Wildman–Crippen LogP) is 2.87. The molecule has 2 N–H and O–H groups in total. The molecule has 5 heterocycles. The summed E-state index contributed by atoms with van der Waals surface area (Å²) in [4.78, 5) is 28.1. The molecule has 1 saturated heterocycles. The molecule has 1 amide bonds. The number of ether oxygens (including phenoxy) is 1. The summed E-state index contributed by atoms with van der Waals surface area (Å²) >= 11 is 1.52. The molecule has 178 valence electrons. The molecule has 2 aliphatic rings. The Hall–Kier alpha value is -2.82. The molecule has 0 spiro atoms. The van der Waals surface area contributed by atoms with Crippen LogP contribution in [-0.2, 0) is 17.8 Å². The fourth-order valence-electron chi connectivity index (χ4n) is 4.49. The molecular weight excluding hydrogens is 455 g/mol. The highest BCUT2D eigenvalue weighted by Gasteiger charge is 2.23. The van der Waals surface area contributed by atoms with Gasteiger partial charge in [-0.25, -0.2) is 14.4 Å². The van der Waals surface area contributed by atoms with Gasteiger partial charge in [-0.1, -0.05) is 0 Å². The summed E-state index contributed by atoms with van der Waals surface area (Å²) in [6, 6.07) is 7.58. The number of hydrogen-bond donors (Lipinski definition) is 2. The van der Waals surface area contributed by atoms with Crippen LogP contribution in [-0.4, -0.2) is 64.8 Å². The average molecular weight is 483 g/mol. The highest BCUT2D eigenvalue weighted by Crippen LogP contribution is 2.29. The van der Waals surface area contributed by atoms with Crippen LogP contribution in [0.2, 0.25) is 0 Å². The lowest BCUT2D eigenvalue weighted by atomic mass is 10.1. The Labute approximate surface area is 201 Å². The van der Waals surface area contributed by atoms with Gasteiger partial charge in [0.1, 0.15) is 11.6 Å². The van der Waals surface area contributed by atoms with E-state index in [1.807, 2.05) is 18.2 Å². The van der Waals surface area contributed by atoms with Gasteiger partial charge in [-0.2, -0.15) is 0 Å². The lowest BCUT2D eigenvalue weighted by molar-refractivity contribution is -0.113. The molecule has 1 fully saturated rings.